The van der Waals surface area contributed by atoms with E-state index in [1.54, 1.807) is 12.1 Å². The van der Waals surface area contributed by atoms with Crippen molar-refractivity contribution in [3.8, 4) is 0 Å². The van der Waals surface area contributed by atoms with Crippen LogP contribution in [-0.2, 0) is 18.8 Å². The Hall–Kier alpha value is -2.49. The van der Waals surface area contributed by atoms with E-state index in [1.165, 1.54) is 11.6 Å². The molecular weight excluding hydrogens is 278 g/mol. The van der Waals surface area contributed by atoms with Crippen molar-refractivity contribution in [3.05, 3.63) is 20.8 Å². The second-order valence-electron chi connectivity index (χ2n) is 4.72. The molecule has 0 amide bonds. The number of ether oxygens (including phenoxy) is 1. The van der Waals surface area contributed by atoms with Crippen molar-refractivity contribution in [2.24, 2.45) is 24.4 Å². The van der Waals surface area contributed by atoms with Gasteiger partial charge < -0.3 is 9.72 Å². The normalized spacial score (nSPS) is 16.2. The zero-order valence-corrected chi connectivity index (χ0v) is 11.7. The van der Waals surface area contributed by atoms with Gasteiger partial charge in [-0.05, 0) is 0 Å². The van der Waals surface area contributed by atoms with Gasteiger partial charge in [0.25, 0.3) is 11.5 Å². The highest BCUT2D eigenvalue weighted by Gasteiger charge is 2.13. The molecule has 0 atom stereocenters. The summed E-state index contributed by atoms with van der Waals surface area (Å²) in [5, 5.41) is 9.77. The van der Waals surface area contributed by atoms with E-state index in [4.69, 9.17) is 4.74 Å². The molecule has 10 heteroatoms. The van der Waals surface area contributed by atoms with E-state index in [1.807, 2.05) is 0 Å². The van der Waals surface area contributed by atoms with Gasteiger partial charge in [0, 0.05) is 14.1 Å². The van der Waals surface area contributed by atoms with Crippen LogP contribution >= 0.6 is 0 Å². The maximum atomic E-state index is 12.0. The smallest absolute Gasteiger partial charge is 0.332 e. The number of aromatic amines is 1. The van der Waals surface area contributed by atoms with Crippen molar-refractivity contribution in [2.75, 3.05) is 26.3 Å². The Morgan fingerprint density at radius 3 is 2.62 bits per heavy atom. The largest absolute Gasteiger partial charge is 0.378 e. The number of morpholine rings is 1. The molecule has 1 aliphatic rings. The van der Waals surface area contributed by atoms with Crippen LogP contribution in [0, 0.1) is 0 Å². The zero-order chi connectivity index (χ0) is 15.0. The predicted molar refractivity (Wildman–Crippen MR) is 73.5 cm³/mol. The van der Waals surface area contributed by atoms with E-state index in [-0.39, 0.29) is 17.1 Å². The third-order valence-electron chi connectivity index (χ3n) is 3.34. The molecule has 0 spiro atoms. The minimum atomic E-state index is -0.437. The summed E-state index contributed by atoms with van der Waals surface area (Å²) in [6, 6.07) is 0. The maximum absolute atomic E-state index is 12.0. The molecule has 1 aliphatic heterocycles. The number of rotatable bonds is 2. The minimum Gasteiger partial charge on any atom is -0.378 e. The fourth-order valence-corrected chi connectivity index (χ4v) is 2.11. The first-order valence-corrected chi connectivity index (χ1v) is 6.48. The number of aryl methyl sites for hydroxylation is 1. The molecule has 10 nitrogen and oxygen atoms in total. The first kappa shape index (κ1) is 13.5. The van der Waals surface area contributed by atoms with E-state index in [0.29, 0.717) is 26.3 Å². The van der Waals surface area contributed by atoms with Gasteiger partial charge in [0.15, 0.2) is 11.2 Å². The van der Waals surface area contributed by atoms with Gasteiger partial charge in [0.2, 0.25) is 0 Å². The van der Waals surface area contributed by atoms with Gasteiger partial charge in [-0.15, -0.1) is 0 Å². The molecule has 1 N–H and O–H groups in total. The lowest BCUT2D eigenvalue weighted by Crippen LogP contribution is -2.36. The Bertz CT molecular complexity index is 810. The lowest BCUT2D eigenvalue weighted by molar-refractivity contribution is 0.0353. The summed E-state index contributed by atoms with van der Waals surface area (Å²) in [7, 11) is 2.97. The summed E-state index contributed by atoms with van der Waals surface area (Å²) in [4.78, 5) is 30.7. The van der Waals surface area contributed by atoms with Crippen molar-refractivity contribution in [3.63, 3.8) is 0 Å². The number of aromatic nitrogens is 4. The van der Waals surface area contributed by atoms with Gasteiger partial charge in [-0.25, -0.2) is 4.79 Å². The summed E-state index contributed by atoms with van der Waals surface area (Å²) < 4.78 is 7.52. The van der Waals surface area contributed by atoms with Gasteiger partial charge in [-0.1, -0.05) is 10.3 Å². The van der Waals surface area contributed by atoms with Gasteiger partial charge in [-0.2, -0.15) is 4.98 Å². The fourth-order valence-electron chi connectivity index (χ4n) is 2.11. The monoisotopic (exact) mass is 293 g/mol. The molecule has 0 unspecified atom stereocenters. The van der Waals surface area contributed by atoms with E-state index in [0.717, 1.165) is 4.57 Å². The summed E-state index contributed by atoms with van der Waals surface area (Å²) in [6.07, 6.45) is 0. The van der Waals surface area contributed by atoms with Gasteiger partial charge in [-0.3, -0.25) is 18.9 Å². The molecule has 2 aromatic heterocycles. The van der Waals surface area contributed by atoms with Crippen LogP contribution in [0.5, 0.6) is 0 Å². The maximum Gasteiger partial charge on any atom is 0.332 e. The predicted octanol–water partition coefficient (Wildman–Crippen LogP) is -0.709. The average molecular weight is 293 g/mol. The van der Waals surface area contributed by atoms with E-state index in [2.05, 4.69) is 20.3 Å². The Morgan fingerprint density at radius 2 is 1.90 bits per heavy atom. The number of imidazole rings is 1. The molecule has 0 radical (unpaired) electrons. The molecule has 0 aromatic carbocycles. The molecule has 0 aliphatic carbocycles. The Morgan fingerprint density at radius 1 is 1.19 bits per heavy atom. The Labute approximate surface area is 118 Å². The molecule has 2 aromatic rings. The van der Waals surface area contributed by atoms with Crippen molar-refractivity contribution in [2.45, 2.75) is 0 Å². The van der Waals surface area contributed by atoms with Crippen LogP contribution < -0.4 is 11.2 Å². The average Bonchev–Trinajstić information content (AvgIpc) is 2.94. The summed E-state index contributed by atoms with van der Waals surface area (Å²) in [6.45, 7) is 2.52. The highest BCUT2D eigenvalue weighted by molar-refractivity contribution is 5.71. The van der Waals surface area contributed by atoms with Crippen LogP contribution in [0.15, 0.2) is 19.9 Å². The SMILES string of the molecule is Cn1c(=O)c2[nH]c(/N=N/N3CCOCC3)nc2n(C)c1=O. The lowest BCUT2D eigenvalue weighted by Gasteiger charge is -2.21. The van der Waals surface area contributed by atoms with Gasteiger partial charge >= 0.3 is 5.69 Å². The molecule has 0 saturated carbocycles. The quantitative estimate of drug-likeness (QED) is 0.736. The van der Waals surface area contributed by atoms with Crippen LogP contribution in [0.25, 0.3) is 11.2 Å². The Balaban J connectivity index is 2.00. The third kappa shape index (κ3) is 2.33. The third-order valence-corrected chi connectivity index (χ3v) is 3.34. The number of nitrogens with one attached hydrogen (secondary N) is 1. The molecule has 21 heavy (non-hydrogen) atoms. The van der Waals surface area contributed by atoms with Crippen molar-refractivity contribution in [1.29, 1.82) is 0 Å². The fraction of sp³-hybridized carbons (Fsp3) is 0.545. The molecule has 1 saturated heterocycles. The number of nitrogens with zero attached hydrogens (tertiary/aromatic N) is 6. The van der Waals surface area contributed by atoms with Gasteiger partial charge in [0.1, 0.15) is 0 Å². The molecule has 0 bridgehead atoms. The first-order valence-electron chi connectivity index (χ1n) is 6.48. The van der Waals surface area contributed by atoms with Crippen LogP contribution in [0.2, 0.25) is 0 Å². The van der Waals surface area contributed by atoms with E-state index in [9.17, 15) is 9.59 Å². The first-order chi connectivity index (χ1) is 10.1. The van der Waals surface area contributed by atoms with E-state index < -0.39 is 11.2 Å². The number of H-pyrrole nitrogens is 1. The summed E-state index contributed by atoms with van der Waals surface area (Å²) in [5.74, 6) is 0.190. The van der Waals surface area contributed by atoms with Crippen molar-refractivity contribution >= 4 is 17.1 Å². The second kappa shape index (κ2) is 5.13. The number of hydrogen-bond acceptors (Lipinski definition) is 6. The molecule has 112 valence electrons. The molecular formula is C11H15N7O3. The van der Waals surface area contributed by atoms with Crippen LogP contribution in [0.3, 0.4) is 0 Å². The summed E-state index contributed by atoms with van der Waals surface area (Å²) >= 11 is 0. The molecule has 3 rings (SSSR count). The number of fused-ring (bicyclic) bond motifs is 1. The minimum absolute atomic E-state index is 0.190. The van der Waals surface area contributed by atoms with Crippen molar-refractivity contribution in [1.82, 2.24) is 24.1 Å². The van der Waals surface area contributed by atoms with Crippen LogP contribution in [0.1, 0.15) is 0 Å². The highest BCUT2D eigenvalue weighted by atomic mass is 16.5. The summed E-state index contributed by atoms with van der Waals surface area (Å²) in [5.41, 5.74) is -0.376. The van der Waals surface area contributed by atoms with Crippen molar-refractivity contribution < 1.29 is 4.74 Å². The second-order valence-corrected chi connectivity index (χ2v) is 4.72. The zero-order valence-electron chi connectivity index (χ0n) is 11.7. The van der Waals surface area contributed by atoms with Crippen LogP contribution in [-0.4, -0.2) is 50.4 Å². The Kier molecular flexibility index (Phi) is 3.29. The van der Waals surface area contributed by atoms with E-state index >= 15 is 0 Å². The molecule has 3 heterocycles. The highest BCUT2D eigenvalue weighted by Crippen LogP contribution is 2.12. The topological polar surface area (TPSA) is 110 Å². The lowest BCUT2D eigenvalue weighted by atomic mass is 10.5. The standard InChI is InChI=1S/C11H15N7O3/c1-16-8-7(9(19)17(2)11(16)20)12-10(13-8)14-15-18-3-5-21-6-4-18/h3-6H2,1-2H3,(H,12,13)/b15-14+. The molecule has 1 fully saturated rings. The number of hydrogen-bond donors (Lipinski definition) is 1. The van der Waals surface area contributed by atoms with Crippen LogP contribution in [0.4, 0.5) is 5.95 Å². The van der Waals surface area contributed by atoms with Gasteiger partial charge in [0.05, 0.1) is 26.3 Å².